The molecule has 3 heterocycles. The molecule has 0 aliphatic carbocycles. The normalized spacial score (nSPS) is 18.8. The molecule has 1 saturated heterocycles. The van der Waals surface area contributed by atoms with Crippen molar-refractivity contribution in [3.05, 3.63) is 54.1 Å². The third-order valence-corrected chi connectivity index (χ3v) is 6.31. The number of anilines is 2. The van der Waals surface area contributed by atoms with Crippen molar-refractivity contribution < 1.29 is 27.5 Å². The lowest BCUT2D eigenvalue weighted by Crippen LogP contribution is -2.43. The van der Waals surface area contributed by atoms with Gasteiger partial charge in [0.2, 0.25) is 11.9 Å². The molecule has 11 heteroatoms. The van der Waals surface area contributed by atoms with Gasteiger partial charge in [-0.25, -0.2) is 4.98 Å². The Morgan fingerprint density at radius 1 is 1.06 bits per heavy atom. The number of carbonyl (C=O) groups is 2. The third-order valence-electron chi connectivity index (χ3n) is 6.31. The summed E-state index contributed by atoms with van der Waals surface area (Å²) in [6.07, 6.45) is -4.93. The van der Waals surface area contributed by atoms with Gasteiger partial charge in [0, 0.05) is 26.2 Å². The van der Waals surface area contributed by atoms with Crippen molar-refractivity contribution in [2.24, 2.45) is 0 Å². The van der Waals surface area contributed by atoms with E-state index in [9.17, 15) is 22.8 Å². The molecule has 0 bridgehead atoms. The number of nitrogens with one attached hydrogen (secondary N) is 1. The number of benzene rings is 2. The first-order valence-electron chi connectivity index (χ1n) is 11.4. The number of aromatic nitrogens is 2. The minimum Gasteiger partial charge on any atom is -0.379 e. The molecule has 5 rings (SSSR count). The zero-order valence-electron chi connectivity index (χ0n) is 18.8. The number of amides is 2. The molecule has 2 aliphatic rings. The van der Waals surface area contributed by atoms with E-state index in [1.807, 2.05) is 24.3 Å². The maximum absolute atomic E-state index is 13.4. The second kappa shape index (κ2) is 9.31. The lowest BCUT2D eigenvalue weighted by Gasteiger charge is -2.28. The first kappa shape index (κ1) is 23.3. The minimum absolute atomic E-state index is 0.300. The van der Waals surface area contributed by atoms with Gasteiger partial charge in [-0.1, -0.05) is 24.3 Å². The van der Waals surface area contributed by atoms with Crippen molar-refractivity contribution in [3.8, 4) is 0 Å². The van der Waals surface area contributed by atoms with Gasteiger partial charge in [0.1, 0.15) is 6.04 Å². The highest BCUT2D eigenvalue weighted by molar-refractivity contribution is 6.05. The van der Waals surface area contributed by atoms with Crippen LogP contribution in [0.25, 0.3) is 11.0 Å². The highest BCUT2D eigenvalue weighted by Gasteiger charge is 2.41. The predicted molar refractivity (Wildman–Crippen MR) is 123 cm³/mol. The van der Waals surface area contributed by atoms with Crippen LogP contribution in [-0.4, -0.2) is 65.7 Å². The second-order valence-corrected chi connectivity index (χ2v) is 8.53. The largest absolute Gasteiger partial charge is 0.418 e. The summed E-state index contributed by atoms with van der Waals surface area (Å²) in [7, 11) is 0. The van der Waals surface area contributed by atoms with E-state index in [1.54, 1.807) is 9.47 Å². The Labute approximate surface area is 199 Å². The van der Waals surface area contributed by atoms with E-state index >= 15 is 0 Å². The lowest BCUT2D eigenvalue weighted by molar-refractivity contribution is -0.137. The number of hydrogen-bond acceptors (Lipinski definition) is 5. The molecule has 2 aromatic carbocycles. The Balaban J connectivity index is 1.39. The van der Waals surface area contributed by atoms with Crippen molar-refractivity contribution in [1.29, 1.82) is 0 Å². The average Bonchev–Trinajstić information content (AvgIpc) is 3.32. The first-order valence-corrected chi connectivity index (χ1v) is 11.4. The molecular weight excluding hydrogens is 463 g/mol. The van der Waals surface area contributed by atoms with Crippen LogP contribution in [0.3, 0.4) is 0 Å². The van der Waals surface area contributed by atoms with Crippen molar-refractivity contribution >= 4 is 34.5 Å². The van der Waals surface area contributed by atoms with Gasteiger partial charge in [-0.05, 0) is 24.3 Å². The van der Waals surface area contributed by atoms with E-state index in [1.165, 1.54) is 18.2 Å². The van der Waals surface area contributed by atoms with Crippen molar-refractivity contribution in [1.82, 2.24) is 14.5 Å². The van der Waals surface area contributed by atoms with Crippen LogP contribution < -0.4 is 10.2 Å². The van der Waals surface area contributed by atoms with E-state index in [0.29, 0.717) is 43.3 Å². The van der Waals surface area contributed by atoms with Gasteiger partial charge in [0.15, 0.2) is 0 Å². The van der Waals surface area contributed by atoms with E-state index in [4.69, 9.17) is 4.74 Å². The molecule has 8 nitrogen and oxygen atoms in total. The van der Waals surface area contributed by atoms with Crippen LogP contribution in [-0.2, 0) is 20.5 Å². The third kappa shape index (κ3) is 4.61. The summed E-state index contributed by atoms with van der Waals surface area (Å²) >= 11 is 0. The monoisotopic (exact) mass is 487 g/mol. The number of halogens is 3. The number of imidazole rings is 1. The molecule has 0 unspecified atom stereocenters. The van der Waals surface area contributed by atoms with Crippen LogP contribution in [0.15, 0.2) is 48.5 Å². The number of alkyl halides is 3. The summed E-state index contributed by atoms with van der Waals surface area (Å²) in [5.74, 6) is -0.539. The molecule has 184 valence electrons. The van der Waals surface area contributed by atoms with Crippen LogP contribution in [0.2, 0.25) is 0 Å². The van der Waals surface area contributed by atoms with Crippen LogP contribution in [0.5, 0.6) is 0 Å². The summed E-state index contributed by atoms with van der Waals surface area (Å²) < 4.78 is 47.1. The smallest absolute Gasteiger partial charge is 0.379 e. The van der Waals surface area contributed by atoms with Gasteiger partial charge in [-0.2, -0.15) is 13.2 Å². The molecule has 1 atom stereocenters. The van der Waals surface area contributed by atoms with Crippen molar-refractivity contribution in [2.45, 2.75) is 18.6 Å². The standard InChI is InChI=1S/C24H24F3N5O3/c25-24(26,27)16-5-1-2-6-17(16)28-21(33)15-20-22(34)31(10-9-30-11-13-35-14-12-30)23-29-18-7-3-4-8-19(18)32(20)23/h1-8,20H,9-15H2,(H,28,33)/t20-/m1/s1. The van der Waals surface area contributed by atoms with Crippen LogP contribution >= 0.6 is 0 Å². The maximum atomic E-state index is 13.4. The molecule has 1 aromatic heterocycles. The zero-order chi connectivity index (χ0) is 24.6. The molecule has 2 aliphatic heterocycles. The van der Waals surface area contributed by atoms with Gasteiger partial charge in [0.25, 0.3) is 5.91 Å². The lowest BCUT2D eigenvalue weighted by atomic mass is 10.1. The molecule has 0 spiro atoms. The average molecular weight is 487 g/mol. The van der Waals surface area contributed by atoms with E-state index in [-0.39, 0.29) is 18.0 Å². The highest BCUT2D eigenvalue weighted by Crippen LogP contribution is 2.38. The number of ether oxygens (including phenoxy) is 1. The number of morpholine rings is 1. The number of fused-ring (bicyclic) bond motifs is 3. The topological polar surface area (TPSA) is 79.7 Å². The Morgan fingerprint density at radius 3 is 2.54 bits per heavy atom. The predicted octanol–water partition coefficient (Wildman–Crippen LogP) is 3.30. The Morgan fingerprint density at radius 2 is 1.77 bits per heavy atom. The van der Waals surface area contributed by atoms with Crippen molar-refractivity contribution in [3.63, 3.8) is 0 Å². The van der Waals surface area contributed by atoms with Crippen LogP contribution in [0, 0.1) is 0 Å². The van der Waals surface area contributed by atoms with Gasteiger partial charge in [0.05, 0.1) is 41.9 Å². The molecule has 2 amide bonds. The van der Waals surface area contributed by atoms with Gasteiger partial charge < -0.3 is 10.1 Å². The Hall–Kier alpha value is -3.44. The van der Waals surface area contributed by atoms with E-state index < -0.39 is 23.7 Å². The summed E-state index contributed by atoms with van der Waals surface area (Å²) in [5, 5.41) is 2.35. The number of nitrogens with zero attached hydrogens (tertiary/aromatic N) is 4. The number of carbonyl (C=O) groups excluding carboxylic acids is 2. The molecule has 1 fully saturated rings. The Bertz CT molecular complexity index is 1250. The summed E-state index contributed by atoms with van der Waals surface area (Å²) in [6, 6.07) is 11.2. The number of hydrogen-bond donors (Lipinski definition) is 1. The fourth-order valence-electron chi connectivity index (χ4n) is 4.59. The highest BCUT2D eigenvalue weighted by atomic mass is 19.4. The minimum atomic E-state index is -4.61. The first-order chi connectivity index (χ1) is 16.8. The fourth-order valence-corrected chi connectivity index (χ4v) is 4.59. The van der Waals surface area contributed by atoms with Gasteiger partial charge in [-0.3, -0.25) is 24.0 Å². The zero-order valence-corrected chi connectivity index (χ0v) is 18.8. The number of rotatable bonds is 6. The number of para-hydroxylation sites is 3. The maximum Gasteiger partial charge on any atom is 0.418 e. The SMILES string of the molecule is O=C(C[C@@H]1C(=O)N(CCN2CCOCC2)c2nc3ccccc3n21)Nc1ccccc1C(F)(F)F. The molecular formula is C24H24F3N5O3. The van der Waals surface area contributed by atoms with Gasteiger partial charge >= 0.3 is 6.18 Å². The van der Waals surface area contributed by atoms with E-state index in [0.717, 1.165) is 19.2 Å². The van der Waals surface area contributed by atoms with Crippen LogP contribution in [0.1, 0.15) is 18.0 Å². The Kier molecular flexibility index (Phi) is 6.20. The summed E-state index contributed by atoms with van der Waals surface area (Å²) in [5.41, 5.74) is 0.0970. The molecule has 1 N–H and O–H groups in total. The second-order valence-electron chi connectivity index (χ2n) is 8.53. The molecule has 35 heavy (non-hydrogen) atoms. The van der Waals surface area contributed by atoms with Crippen molar-refractivity contribution in [2.75, 3.05) is 49.6 Å². The fraction of sp³-hybridized carbons (Fsp3) is 0.375. The van der Waals surface area contributed by atoms with Crippen LogP contribution in [0.4, 0.5) is 24.8 Å². The quantitative estimate of drug-likeness (QED) is 0.577. The van der Waals surface area contributed by atoms with Gasteiger partial charge in [-0.15, -0.1) is 0 Å². The van der Waals surface area contributed by atoms with E-state index in [2.05, 4.69) is 15.2 Å². The summed E-state index contributed by atoms with van der Waals surface area (Å²) in [4.78, 5) is 34.7. The molecule has 0 radical (unpaired) electrons. The molecule has 3 aromatic rings. The summed E-state index contributed by atoms with van der Waals surface area (Å²) in [6.45, 7) is 3.81. The molecule has 0 saturated carbocycles.